The highest BCUT2D eigenvalue weighted by atomic mass is 15.3. The summed E-state index contributed by atoms with van der Waals surface area (Å²) in [5.41, 5.74) is 2.38. The van der Waals surface area contributed by atoms with Gasteiger partial charge in [0.2, 0.25) is 0 Å². The van der Waals surface area contributed by atoms with Crippen molar-refractivity contribution in [3.8, 4) is 0 Å². The Bertz CT molecular complexity index is 405. The van der Waals surface area contributed by atoms with Crippen LogP contribution in [0.25, 0.3) is 10.9 Å². The second-order valence-electron chi connectivity index (χ2n) is 3.72. The first-order chi connectivity index (χ1) is 7.36. The van der Waals surface area contributed by atoms with Gasteiger partial charge in [0.25, 0.3) is 0 Å². The van der Waals surface area contributed by atoms with E-state index < -0.39 is 0 Å². The third-order valence-corrected chi connectivity index (χ3v) is 2.51. The minimum absolute atomic E-state index is 0.831. The van der Waals surface area contributed by atoms with Gasteiger partial charge in [-0.2, -0.15) is 5.10 Å². The molecule has 0 bridgehead atoms. The van der Waals surface area contributed by atoms with Crippen LogP contribution in [0.15, 0.2) is 24.3 Å². The number of hydrogen-bond acceptors (Lipinski definition) is 2. The molecule has 1 aromatic carbocycles. The lowest BCUT2D eigenvalue weighted by molar-refractivity contribution is 0.606. The molecule has 0 aliphatic rings. The van der Waals surface area contributed by atoms with E-state index in [0.717, 1.165) is 25.2 Å². The summed E-state index contributed by atoms with van der Waals surface area (Å²) in [7, 11) is 1.95. The van der Waals surface area contributed by atoms with Crippen molar-refractivity contribution in [2.75, 3.05) is 7.05 Å². The van der Waals surface area contributed by atoms with Crippen molar-refractivity contribution in [2.24, 2.45) is 0 Å². The monoisotopic (exact) mass is 203 g/mol. The number of rotatable bonds is 4. The Hall–Kier alpha value is -1.35. The van der Waals surface area contributed by atoms with E-state index in [0.29, 0.717) is 0 Å². The summed E-state index contributed by atoms with van der Waals surface area (Å²) in [5, 5.41) is 9.04. The lowest BCUT2D eigenvalue weighted by Gasteiger charge is -1.98. The van der Waals surface area contributed by atoms with Crippen molar-refractivity contribution in [1.29, 1.82) is 0 Å². The Labute approximate surface area is 90.1 Å². The zero-order valence-electron chi connectivity index (χ0n) is 9.33. The number of benzene rings is 1. The number of fused-ring (bicyclic) bond motifs is 1. The molecule has 0 unspecified atom stereocenters. The molecule has 0 amide bonds. The fraction of sp³-hybridized carbons (Fsp3) is 0.417. The fourth-order valence-electron chi connectivity index (χ4n) is 1.88. The van der Waals surface area contributed by atoms with E-state index in [1.807, 2.05) is 7.05 Å². The zero-order chi connectivity index (χ0) is 10.7. The van der Waals surface area contributed by atoms with Crippen LogP contribution < -0.4 is 5.32 Å². The highest BCUT2D eigenvalue weighted by Gasteiger charge is 2.07. The molecule has 0 saturated heterocycles. The zero-order valence-corrected chi connectivity index (χ0v) is 9.33. The van der Waals surface area contributed by atoms with Gasteiger partial charge in [0.1, 0.15) is 0 Å². The molecule has 0 radical (unpaired) electrons. The van der Waals surface area contributed by atoms with Gasteiger partial charge in [-0.25, -0.2) is 0 Å². The van der Waals surface area contributed by atoms with E-state index in [-0.39, 0.29) is 0 Å². The van der Waals surface area contributed by atoms with Gasteiger partial charge in [-0.3, -0.25) is 4.68 Å². The summed E-state index contributed by atoms with van der Waals surface area (Å²) in [5.74, 6) is 0. The van der Waals surface area contributed by atoms with Gasteiger partial charge >= 0.3 is 0 Å². The van der Waals surface area contributed by atoms with Crippen molar-refractivity contribution < 1.29 is 0 Å². The fourth-order valence-corrected chi connectivity index (χ4v) is 1.88. The van der Waals surface area contributed by atoms with E-state index in [9.17, 15) is 0 Å². The lowest BCUT2D eigenvalue weighted by atomic mass is 10.2. The van der Waals surface area contributed by atoms with Crippen molar-refractivity contribution in [3.05, 3.63) is 30.0 Å². The van der Waals surface area contributed by atoms with Crippen LogP contribution in [-0.4, -0.2) is 16.8 Å². The first-order valence-electron chi connectivity index (χ1n) is 5.46. The molecular weight excluding hydrogens is 186 g/mol. The molecule has 0 saturated carbocycles. The largest absolute Gasteiger partial charge is 0.314 e. The average Bonchev–Trinajstić information content (AvgIpc) is 2.59. The van der Waals surface area contributed by atoms with Crippen LogP contribution >= 0.6 is 0 Å². The summed E-state index contributed by atoms with van der Waals surface area (Å²) < 4.78 is 2.10. The summed E-state index contributed by atoms with van der Waals surface area (Å²) >= 11 is 0. The first-order valence-corrected chi connectivity index (χ1v) is 5.46. The van der Waals surface area contributed by atoms with E-state index in [1.54, 1.807) is 0 Å². The predicted molar refractivity (Wildman–Crippen MR) is 62.8 cm³/mol. The number of aryl methyl sites for hydroxylation is 1. The van der Waals surface area contributed by atoms with Gasteiger partial charge < -0.3 is 5.32 Å². The van der Waals surface area contributed by atoms with Gasteiger partial charge in [0.05, 0.1) is 11.2 Å². The molecule has 3 nitrogen and oxygen atoms in total. The predicted octanol–water partition coefficient (Wildman–Crippen LogP) is 2.17. The minimum atomic E-state index is 0.831. The summed E-state index contributed by atoms with van der Waals surface area (Å²) in [4.78, 5) is 0. The maximum absolute atomic E-state index is 4.62. The lowest BCUT2D eigenvalue weighted by Crippen LogP contribution is -2.07. The molecule has 0 aliphatic carbocycles. The summed E-state index contributed by atoms with van der Waals surface area (Å²) in [6.07, 6.45) is 1.12. The Morgan fingerprint density at radius 3 is 2.87 bits per heavy atom. The maximum Gasteiger partial charge on any atom is 0.0841 e. The SMILES string of the molecule is CCCn1nc(CNC)c2ccccc21. The van der Waals surface area contributed by atoms with Crippen LogP contribution in [0, 0.1) is 0 Å². The third-order valence-electron chi connectivity index (χ3n) is 2.51. The van der Waals surface area contributed by atoms with Crippen molar-refractivity contribution in [3.63, 3.8) is 0 Å². The van der Waals surface area contributed by atoms with Crippen molar-refractivity contribution >= 4 is 10.9 Å². The van der Waals surface area contributed by atoms with Gasteiger partial charge in [-0.05, 0) is 19.5 Å². The van der Waals surface area contributed by atoms with E-state index in [2.05, 4.69) is 46.3 Å². The quantitative estimate of drug-likeness (QED) is 0.825. The molecule has 2 aromatic rings. The van der Waals surface area contributed by atoms with E-state index in [1.165, 1.54) is 10.9 Å². The second-order valence-corrected chi connectivity index (χ2v) is 3.72. The Balaban J connectivity index is 2.52. The Morgan fingerprint density at radius 1 is 1.33 bits per heavy atom. The molecule has 3 heteroatoms. The smallest absolute Gasteiger partial charge is 0.0841 e. The maximum atomic E-state index is 4.62. The summed E-state index contributed by atoms with van der Waals surface area (Å²) in [6.45, 7) is 4.00. The molecule has 1 aromatic heterocycles. The van der Waals surface area contributed by atoms with Crippen LogP contribution in [0.2, 0.25) is 0 Å². The molecule has 0 fully saturated rings. The molecular formula is C12H17N3. The molecule has 0 aliphatic heterocycles. The minimum Gasteiger partial charge on any atom is -0.314 e. The molecule has 15 heavy (non-hydrogen) atoms. The topological polar surface area (TPSA) is 29.9 Å². The van der Waals surface area contributed by atoms with Crippen LogP contribution in [0.5, 0.6) is 0 Å². The Kier molecular flexibility index (Phi) is 3.02. The number of nitrogens with zero attached hydrogens (tertiary/aromatic N) is 2. The molecule has 1 N–H and O–H groups in total. The Morgan fingerprint density at radius 2 is 2.13 bits per heavy atom. The molecule has 80 valence electrons. The van der Waals surface area contributed by atoms with E-state index >= 15 is 0 Å². The van der Waals surface area contributed by atoms with Gasteiger partial charge in [-0.1, -0.05) is 25.1 Å². The third kappa shape index (κ3) is 1.88. The van der Waals surface area contributed by atoms with Crippen LogP contribution in [-0.2, 0) is 13.1 Å². The van der Waals surface area contributed by atoms with Crippen LogP contribution in [0.1, 0.15) is 19.0 Å². The van der Waals surface area contributed by atoms with Crippen LogP contribution in [0.3, 0.4) is 0 Å². The van der Waals surface area contributed by atoms with E-state index in [4.69, 9.17) is 0 Å². The normalized spacial score (nSPS) is 11.1. The second kappa shape index (κ2) is 4.45. The van der Waals surface area contributed by atoms with Gasteiger partial charge in [0, 0.05) is 18.5 Å². The van der Waals surface area contributed by atoms with Gasteiger partial charge in [0.15, 0.2) is 0 Å². The standard InChI is InChI=1S/C12H17N3/c1-3-8-15-12-7-5-4-6-10(12)11(14-15)9-13-2/h4-7,13H,3,8-9H2,1-2H3. The molecule has 2 rings (SSSR count). The number of hydrogen-bond donors (Lipinski definition) is 1. The average molecular weight is 203 g/mol. The molecule has 0 spiro atoms. The number of para-hydroxylation sites is 1. The highest BCUT2D eigenvalue weighted by Crippen LogP contribution is 2.18. The van der Waals surface area contributed by atoms with Crippen molar-refractivity contribution in [2.45, 2.75) is 26.4 Å². The number of aromatic nitrogens is 2. The van der Waals surface area contributed by atoms with Crippen molar-refractivity contribution in [1.82, 2.24) is 15.1 Å². The molecule has 0 atom stereocenters. The highest BCUT2D eigenvalue weighted by molar-refractivity contribution is 5.81. The van der Waals surface area contributed by atoms with Crippen LogP contribution in [0.4, 0.5) is 0 Å². The number of nitrogens with one attached hydrogen (secondary N) is 1. The van der Waals surface area contributed by atoms with Gasteiger partial charge in [-0.15, -0.1) is 0 Å². The molecule has 1 heterocycles. The first kappa shape index (κ1) is 10.2. The summed E-state index contributed by atoms with van der Waals surface area (Å²) in [6, 6.07) is 8.41.